The van der Waals surface area contributed by atoms with Crippen LogP contribution in [0.3, 0.4) is 0 Å². The first-order valence-corrected chi connectivity index (χ1v) is 11.1. The molecule has 0 bridgehead atoms. The van der Waals surface area contributed by atoms with Gasteiger partial charge in [0.15, 0.2) is 0 Å². The standard InChI is InChI=1S/C21H15ClF6O2S/c22-18-6-3-13(9-17(18)20(23,24)25)16-11-19(7-8-19)10-15(16)12-1-4-14(5-2-12)31(29,30)21(26,27)28/h1-6,9H,7-8,10-11H2. The fourth-order valence-corrected chi connectivity index (χ4v) is 4.99. The van der Waals surface area contributed by atoms with Gasteiger partial charge >= 0.3 is 11.7 Å². The third-order valence-corrected chi connectivity index (χ3v) is 7.69. The molecule has 2 aromatic carbocycles. The van der Waals surface area contributed by atoms with Crippen molar-refractivity contribution < 1.29 is 34.8 Å². The summed E-state index contributed by atoms with van der Waals surface area (Å²) >= 11 is 5.72. The van der Waals surface area contributed by atoms with Crippen molar-refractivity contribution in [2.75, 3.05) is 0 Å². The highest BCUT2D eigenvalue weighted by Gasteiger charge is 2.49. The summed E-state index contributed by atoms with van der Waals surface area (Å²) in [5.41, 5.74) is -4.20. The van der Waals surface area contributed by atoms with Crippen LogP contribution in [0.15, 0.2) is 47.4 Å². The first-order chi connectivity index (χ1) is 14.2. The van der Waals surface area contributed by atoms with Crippen molar-refractivity contribution in [3.63, 3.8) is 0 Å². The van der Waals surface area contributed by atoms with Gasteiger partial charge in [-0.25, -0.2) is 8.42 Å². The molecule has 0 radical (unpaired) electrons. The third-order valence-electron chi connectivity index (χ3n) is 5.86. The minimum atomic E-state index is -5.48. The van der Waals surface area contributed by atoms with Crippen LogP contribution in [-0.2, 0) is 16.0 Å². The SMILES string of the molecule is O=S(=O)(c1ccc(C2=C(c3ccc(Cl)c(C(F)(F)F)c3)CC3(CC3)C2)cc1)C(F)(F)F. The summed E-state index contributed by atoms with van der Waals surface area (Å²) in [6.45, 7) is 0. The molecule has 0 amide bonds. The molecule has 0 aliphatic heterocycles. The molecule has 1 fully saturated rings. The quantitative estimate of drug-likeness (QED) is 0.438. The Kier molecular flexibility index (Phi) is 5.01. The van der Waals surface area contributed by atoms with E-state index in [1.54, 1.807) is 0 Å². The Bertz CT molecular complexity index is 1170. The number of allylic oxidation sites excluding steroid dienone is 2. The van der Waals surface area contributed by atoms with Crippen molar-refractivity contribution in [2.45, 2.75) is 42.3 Å². The van der Waals surface area contributed by atoms with Crippen molar-refractivity contribution in [2.24, 2.45) is 5.41 Å². The first-order valence-electron chi connectivity index (χ1n) is 9.25. The lowest BCUT2D eigenvalue weighted by Gasteiger charge is -2.14. The minimum Gasteiger partial charge on any atom is -0.214 e. The van der Waals surface area contributed by atoms with Crippen LogP contribution >= 0.6 is 11.6 Å². The molecule has 2 nitrogen and oxygen atoms in total. The second kappa shape index (κ2) is 7.00. The van der Waals surface area contributed by atoms with Crippen LogP contribution in [0.25, 0.3) is 11.1 Å². The predicted molar refractivity (Wildman–Crippen MR) is 104 cm³/mol. The molecule has 0 heterocycles. The van der Waals surface area contributed by atoms with E-state index in [1.165, 1.54) is 24.3 Å². The molecule has 31 heavy (non-hydrogen) atoms. The van der Waals surface area contributed by atoms with Crippen LogP contribution in [0.5, 0.6) is 0 Å². The lowest BCUT2D eigenvalue weighted by molar-refractivity contribution is -0.137. The zero-order valence-electron chi connectivity index (χ0n) is 15.7. The summed E-state index contributed by atoms with van der Waals surface area (Å²) in [7, 11) is -5.48. The number of halogens is 7. The van der Waals surface area contributed by atoms with Crippen LogP contribution in [0.2, 0.25) is 5.02 Å². The molecule has 2 aliphatic rings. The molecule has 0 aromatic heterocycles. The summed E-state index contributed by atoms with van der Waals surface area (Å²) in [6, 6.07) is 7.97. The van der Waals surface area contributed by atoms with E-state index >= 15 is 0 Å². The molecular weight excluding hydrogens is 466 g/mol. The molecule has 0 saturated heterocycles. The lowest BCUT2D eigenvalue weighted by Crippen LogP contribution is -2.23. The highest BCUT2D eigenvalue weighted by Crippen LogP contribution is 2.63. The zero-order chi connectivity index (χ0) is 22.8. The van der Waals surface area contributed by atoms with E-state index in [1.807, 2.05) is 0 Å². The van der Waals surface area contributed by atoms with Gasteiger partial charge in [-0.15, -0.1) is 0 Å². The smallest absolute Gasteiger partial charge is 0.214 e. The second-order valence-electron chi connectivity index (χ2n) is 7.98. The monoisotopic (exact) mass is 480 g/mol. The van der Waals surface area contributed by atoms with Crippen molar-refractivity contribution in [1.82, 2.24) is 0 Å². The zero-order valence-corrected chi connectivity index (χ0v) is 17.3. The van der Waals surface area contributed by atoms with Crippen molar-refractivity contribution >= 4 is 32.6 Å². The van der Waals surface area contributed by atoms with Crippen molar-refractivity contribution in [1.29, 1.82) is 0 Å². The van der Waals surface area contributed by atoms with E-state index in [0.29, 0.717) is 35.1 Å². The normalized spacial score (nSPS) is 18.7. The Morgan fingerprint density at radius 3 is 1.81 bits per heavy atom. The average molecular weight is 481 g/mol. The van der Waals surface area contributed by atoms with Gasteiger partial charge in [-0.1, -0.05) is 29.8 Å². The molecule has 1 spiro atoms. The minimum absolute atomic E-state index is 0.0561. The van der Waals surface area contributed by atoms with Gasteiger partial charge in [0.05, 0.1) is 15.5 Å². The van der Waals surface area contributed by atoms with Crippen LogP contribution < -0.4 is 0 Å². The summed E-state index contributed by atoms with van der Waals surface area (Å²) in [5, 5.41) is -0.417. The summed E-state index contributed by atoms with van der Waals surface area (Å²) in [6.07, 6.45) is -1.71. The lowest BCUT2D eigenvalue weighted by atomic mass is 9.96. The Hall–Kier alpha value is -2.00. The number of hydrogen-bond donors (Lipinski definition) is 0. The summed E-state index contributed by atoms with van der Waals surface area (Å²) in [4.78, 5) is -0.879. The van der Waals surface area contributed by atoms with Gasteiger partial charge in [-0.2, -0.15) is 26.3 Å². The van der Waals surface area contributed by atoms with Gasteiger partial charge in [0.2, 0.25) is 0 Å². The van der Waals surface area contributed by atoms with Gasteiger partial charge in [0.1, 0.15) is 0 Å². The highest BCUT2D eigenvalue weighted by molar-refractivity contribution is 7.92. The second-order valence-corrected chi connectivity index (χ2v) is 10.3. The molecule has 4 rings (SSSR count). The number of benzene rings is 2. The first kappa shape index (κ1) is 22.2. The van der Waals surface area contributed by atoms with Gasteiger partial charge in [-0.3, -0.25) is 0 Å². The molecule has 0 atom stereocenters. The van der Waals surface area contributed by atoms with Gasteiger partial charge in [-0.05, 0) is 77.6 Å². The molecule has 1 saturated carbocycles. The topological polar surface area (TPSA) is 34.1 Å². The van der Waals surface area contributed by atoms with E-state index in [9.17, 15) is 34.8 Å². The van der Waals surface area contributed by atoms with Gasteiger partial charge in [0, 0.05) is 0 Å². The van der Waals surface area contributed by atoms with Crippen LogP contribution in [-0.4, -0.2) is 13.9 Å². The van der Waals surface area contributed by atoms with E-state index in [0.717, 1.165) is 31.0 Å². The molecular formula is C21H15ClF6O2S. The Balaban J connectivity index is 1.78. The maximum absolute atomic E-state index is 13.3. The van der Waals surface area contributed by atoms with Crippen LogP contribution in [0, 0.1) is 5.41 Å². The van der Waals surface area contributed by atoms with Crippen LogP contribution in [0.1, 0.15) is 42.4 Å². The highest BCUT2D eigenvalue weighted by atomic mass is 35.5. The van der Waals surface area contributed by atoms with Gasteiger partial charge in [0.25, 0.3) is 9.84 Å². The number of alkyl halides is 6. The molecule has 10 heteroatoms. The molecule has 0 N–H and O–H groups in total. The Labute approximate surface area is 179 Å². The average Bonchev–Trinajstić information content (AvgIpc) is 3.31. The summed E-state index contributed by atoms with van der Waals surface area (Å²) < 4.78 is 101. The number of hydrogen-bond acceptors (Lipinski definition) is 2. The van der Waals surface area contributed by atoms with E-state index in [4.69, 9.17) is 11.6 Å². The maximum Gasteiger partial charge on any atom is 0.501 e. The molecule has 0 unspecified atom stereocenters. The van der Waals surface area contributed by atoms with Crippen LogP contribution in [0.4, 0.5) is 26.3 Å². The third kappa shape index (κ3) is 3.98. The van der Waals surface area contributed by atoms with E-state index in [-0.39, 0.29) is 5.41 Å². The Morgan fingerprint density at radius 1 is 0.806 bits per heavy atom. The molecule has 166 valence electrons. The molecule has 2 aliphatic carbocycles. The summed E-state index contributed by atoms with van der Waals surface area (Å²) in [5.74, 6) is 0. The van der Waals surface area contributed by atoms with Gasteiger partial charge < -0.3 is 0 Å². The number of rotatable bonds is 3. The fraction of sp³-hybridized carbons (Fsp3) is 0.333. The predicted octanol–water partition coefficient (Wildman–Crippen LogP) is 7.14. The largest absolute Gasteiger partial charge is 0.501 e. The Morgan fingerprint density at radius 2 is 1.32 bits per heavy atom. The fourth-order valence-electron chi connectivity index (χ4n) is 4.01. The van der Waals surface area contributed by atoms with Crippen molar-refractivity contribution in [3.8, 4) is 0 Å². The molecule has 2 aromatic rings. The van der Waals surface area contributed by atoms with Crippen molar-refractivity contribution in [3.05, 3.63) is 64.2 Å². The number of sulfone groups is 1. The van der Waals surface area contributed by atoms with E-state index < -0.39 is 37.0 Å². The maximum atomic E-state index is 13.3. The van der Waals surface area contributed by atoms with E-state index in [2.05, 4.69) is 0 Å².